The molecule has 4 amide bonds. The number of nitrogens with one attached hydrogen (secondary N) is 2. The minimum Gasteiger partial charge on any atom is -0.282 e. The normalized spacial score (nSPS) is 14.1. The molecule has 0 atom stereocenters. The number of hydrogen-bond acceptors (Lipinski definition) is 6. The second-order valence-electron chi connectivity index (χ2n) is 14.1. The standard InChI is InChI=1S/C42H44N4O4S2/c1-3-5-7-9-11-13-15-33(51)43-45-39(47)29-21-17-25-27-19-23-31-38-32(42(50)46(41(31)49)44-34(52)16-14-12-10-8-6-4-2)24-20-28(36(27)38)26-18-22-30(40(45)48)37(29)35(25)26/h17-24H,3-16H2,1-2H3,(H,43,51)(H,44,52). The lowest BCUT2D eigenvalue weighted by atomic mass is 9.82. The topological polar surface area (TPSA) is 98.8 Å². The van der Waals surface area contributed by atoms with Crippen LogP contribution < -0.4 is 10.9 Å². The average Bonchev–Trinajstić information content (AvgIpc) is 3.15. The summed E-state index contributed by atoms with van der Waals surface area (Å²) in [5.74, 6) is -1.78. The highest BCUT2D eigenvalue weighted by molar-refractivity contribution is 7.80. The van der Waals surface area contributed by atoms with E-state index in [4.69, 9.17) is 24.4 Å². The van der Waals surface area contributed by atoms with Gasteiger partial charge in [-0.15, -0.1) is 0 Å². The molecule has 0 spiro atoms. The monoisotopic (exact) mass is 732 g/mol. The average molecular weight is 733 g/mol. The van der Waals surface area contributed by atoms with Crippen LogP contribution in [-0.2, 0) is 0 Å². The van der Waals surface area contributed by atoms with E-state index >= 15 is 0 Å². The molecule has 0 radical (unpaired) electrons. The summed E-state index contributed by atoms with van der Waals surface area (Å²) in [5, 5.41) is 8.28. The highest BCUT2D eigenvalue weighted by atomic mass is 32.1. The number of imide groups is 2. The molecule has 0 aliphatic carbocycles. The zero-order valence-electron chi connectivity index (χ0n) is 29.9. The highest BCUT2D eigenvalue weighted by Crippen LogP contribution is 2.46. The summed E-state index contributed by atoms with van der Waals surface area (Å²) in [6.07, 6.45) is 14.6. The van der Waals surface area contributed by atoms with Gasteiger partial charge in [0.05, 0.1) is 32.2 Å². The van der Waals surface area contributed by atoms with Crippen LogP contribution in [0.4, 0.5) is 0 Å². The first-order chi connectivity index (χ1) is 25.3. The van der Waals surface area contributed by atoms with Crippen LogP contribution in [0, 0.1) is 0 Å². The van der Waals surface area contributed by atoms with Gasteiger partial charge < -0.3 is 0 Å². The number of nitrogens with zero attached hydrogens (tertiary/aromatic N) is 2. The number of benzene rings is 5. The zero-order valence-corrected chi connectivity index (χ0v) is 31.5. The van der Waals surface area contributed by atoms with Crippen LogP contribution >= 0.6 is 24.4 Å². The summed E-state index contributed by atoms with van der Waals surface area (Å²) in [5.41, 5.74) is 7.57. The molecular formula is C42H44N4O4S2. The summed E-state index contributed by atoms with van der Waals surface area (Å²) in [6.45, 7) is 4.38. The van der Waals surface area contributed by atoms with Crippen molar-refractivity contribution < 1.29 is 19.2 Å². The number of amides is 4. The van der Waals surface area contributed by atoms with Crippen LogP contribution in [0.3, 0.4) is 0 Å². The number of fused-ring (bicyclic) bond motifs is 2. The highest BCUT2D eigenvalue weighted by Gasteiger charge is 2.37. The Morgan fingerprint density at radius 3 is 1.04 bits per heavy atom. The minimum absolute atomic E-state index is 0.420. The quantitative estimate of drug-likeness (QED) is 0.0340. The van der Waals surface area contributed by atoms with Crippen LogP contribution in [0.25, 0.3) is 43.1 Å². The van der Waals surface area contributed by atoms with Crippen molar-refractivity contribution in [2.75, 3.05) is 0 Å². The fourth-order valence-electron chi connectivity index (χ4n) is 7.96. The van der Waals surface area contributed by atoms with Crippen molar-refractivity contribution in [2.45, 2.75) is 104 Å². The third-order valence-corrected chi connectivity index (χ3v) is 11.2. The maximum Gasteiger partial charge on any atom is 0.280 e. The van der Waals surface area contributed by atoms with E-state index in [0.29, 0.717) is 55.8 Å². The van der Waals surface area contributed by atoms with Crippen LogP contribution in [0.2, 0.25) is 0 Å². The summed E-state index contributed by atoms with van der Waals surface area (Å²) < 4.78 is 0. The molecular weight excluding hydrogens is 689 g/mol. The lowest BCUT2D eigenvalue weighted by Gasteiger charge is -2.30. The smallest absolute Gasteiger partial charge is 0.280 e. The van der Waals surface area contributed by atoms with Crippen molar-refractivity contribution in [2.24, 2.45) is 0 Å². The van der Waals surface area contributed by atoms with Crippen LogP contribution in [-0.4, -0.2) is 43.6 Å². The van der Waals surface area contributed by atoms with Gasteiger partial charge in [-0.05, 0) is 82.3 Å². The Balaban J connectivity index is 1.19. The molecule has 5 aromatic rings. The summed E-state index contributed by atoms with van der Waals surface area (Å²) in [6, 6.07) is 14.7. The minimum atomic E-state index is -0.444. The van der Waals surface area contributed by atoms with Gasteiger partial charge in [0.2, 0.25) is 0 Å². The van der Waals surface area contributed by atoms with E-state index in [1.807, 2.05) is 24.3 Å². The SMILES string of the molecule is CCCCCCCCC(=S)NN1C(=O)c2ccc3c4ccc5c6c(ccc(c7ccc(c2c37)C1=O)c64)C(=O)N(NC(=S)CCCCCCCC)C5=O. The molecule has 0 aromatic heterocycles. The number of thiocarbonyl (C=S) groups is 2. The number of unbranched alkanes of at least 4 members (excludes halogenated alkanes) is 10. The number of hydrogen-bond donors (Lipinski definition) is 2. The zero-order chi connectivity index (χ0) is 36.5. The Morgan fingerprint density at radius 2 is 0.731 bits per heavy atom. The summed E-state index contributed by atoms with van der Waals surface area (Å²) in [4.78, 5) is 56.4. The first-order valence-electron chi connectivity index (χ1n) is 18.8. The van der Waals surface area contributed by atoms with Gasteiger partial charge in [-0.3, -0.25) is 30.0 Å². The van der Waals surface area contributed by atoms with Crippen molar-refractivity contribution in [3.63, 3.8) is 0 Å². The van der Waals surface area contributed by atoms with Crippen molar-refractivity contribution in [1.82, 2.24) is 20.9 Å². The molecule has 2 N–H and O–H groups in total. The Morgan fingerprint density at radius 1 is 0.442 bits per heavy atom. The van der Waals surface area contributed by atoms with Gasteiger partial charge in [-0.25, -0.2) is 0 Å². The molecule has 2 aliphatic rings. The predicted octanol–water partition coefficient (Wildman–Crippen LogP) is 10.1. The van der Waals surface area contributed by atoms with Crippen molar-refractivity contribution in [3.05, 3.63) is 70.8 Å². The second kappa shape index (κ2) is 15.2. The lowest BCUT2D eigenvalue weighted by molar-refractivity contribution is 0.0552. The Labute approximate surface area is 314 Å². The van der Waals surface area contributed by atoms with Gasteiger partial charge in [0.25, 0.3) is 23.6 Å². The van der Waals surface area contributed by atoms with E-state index in [9.17, 15) is 19.2 Å². The van der Waals surface area contributed by atoms with E-state index in [-0.39, 0.29) is 0 Å². The number of hydrazine groups is 2. The third-order valence-electron chi connectivity index (χ3n) is 10.6. The molecule has 0 bridgehead atoms. The molecule has 2 aliphatic heterocycles. The van der Waals surface area contributed by atoms with E-state index in [1.54, 1.807) is 24.3 Å². The Hall–Kier alpha value is -4.54. The molecule has 0 fully saturated rings. The fourth-order valence-corrected chi connectivity index (χ4v) is 8.44. The van der Waals surface area contributed by atoms with E-state index in [1.165, 1.54) is 38.5 Å². The van der Waals surface area contributed by atoms with Crippen molar-refractivity contribution >= 4 is 101 Å². The molecule has 10 heteroatoms. The fraction of sp³-hybridized carbons (Fsp3) is 0.381. The Kier molecular flexibility index (Phi) is 10.5. The molecule has 268 valence electrons. The first kappa shape index (κ1) is 35.8. The number of rotatable bonds is 16. The maximum absolute atomic E-state index is 13.9. The molecule has 2 heterocycles. The van der Waals surface area contributed by atoms with Gasteiger partial charge in [-0.1, -0.05) is 127 Å². The van der Waals surface area contributed by atoms with Crippen LogP contribution in [0.15, 0.2) is 48.5 Å². The molecule has 8 nitrogen and oxygen atoms in total. The Bertz CT molecular complexity index is 2000. The molecule has 5 aromatic carbocycles. The lowest BCUT2D eigenvalue weighted by Crippen LogP contribution is -2.51. The van der Waals surface area contributed by atoms with Gasteiger partial charge in [0.15, 0.2) is 0 Å². The first-order valence-corrected chi connectivity index (χ1v) is 19.6. The molecule has 7 rings (SSSR count). The van der Waals surface area contributed by atoms with Gasteiger partial charge in [0, 0.05) is 10.8 Å². The molecule has 0 saturated carbocycles. The van der Waals surface area contributed by atoms with Crippen molar-refractivity contribution in [3.8, 4) is 0 Å². The summed E-state index contributed by atoms with van der Waals surface area (Å²) >= 11 is 11.1. The number of carbonyl (C=O) groups is 4. The van der Waals surface area contributed by atoms with Crippen LogP contribution in [0.5, 0.6) is 0 Å². The maximum atomic E-state index is 13.9. The van der Waals surface area contributed by atoms with Crippen LogP contribution in [0.1, 0.15) is 145 Å². The van der Waals surface area contributed by atoms with Gasteiger partial charge in [-0.2, -0.15) is 10.0 Å². The van der Waals surface area contributed by atoms with E-state index < -0.39 is 23.6 Å². The second-order valence-corrected chi connectivity index (χ2v) is 15.1. The molecule has 52 heavy (non-hydrogen) atoms. The van der Waals surface area contributed by atoms with E-state index in [2.05, 4.69) is 24.7 Å². The predicted molar refractivity (Wildman–Crippen MR) is 216 cm³/mol. The van der Waals surface area contributed by atoms with Gasteiger partial charge >= 0.3 is 0 Å². The summed E-state index contributed by atoms with van der Waals surface area (Å²) in [7, 11) is 0. The largest absolute Gasteiger partial charge is 0.282 e. The van der Waals surface area contributed by atoms with E-state index in [0.717, 1.165) is 80.9 Å². The van der Waals surface area contributed by atoms with Gasteiger partial charge in [0.1, 0.15) is 0 Å². The molecule has 0 unspecified atom stereocenters. The number of carbonyl (C=O) groups excluding carboxylic acids is 4. The third kappa shape index (κ3) is 6.30. The van der Waals surface area contributed by atoms with Crippen molar-refractivity contribution in [1.29, 1.82) is 0 Å². The molecule has 0 saturated heterocycles.